The Morgan fingerprint density at radius 3 is 2.52 bits per heavy atom. The summed E-state index contributed by atoms with van der Waals surface area (Å²) in [6.45, 7) is 2.29. The minimum absolute atomic E-state index is 0.465. The van der Waals surface area contributed by atoms with Crippen molar-refractivity contribution in [2.24, 2.45) is 11.8 Å². The van der Waals surface area contributed by atoms with Crippen LogP contribution < -0.4 is 4.74 Å². The molecule has 1 aliphatic rings. The summed E-state index contributed by atoms with van der Waals surface area (Å²) in [5.74, 6) is 2.65. The lowest BCUT2D eigenvalue weighted by atomic mass is 9.77. The predicted molar refractivity (Wildman–Crippen MR) is 97.3 cm³/mol. The zero-order chi connectivity index (χ0) is 15.2. The Labute approximate surface area is 146 Å². The lowest BCUT2D eigenvalue weighted by Gasteiger charge is -2.31. The monoisotopic (exact) mass is 416 g/mol. The number of hydrogen-bond acceptors (Lipinski definition) is 1. The molecule has 1 aromatic rings. The SMILES string of the molecule is CCCCC1CCC(C(Br)c2ccc(OC)c(Br)c2)CC1. The molecule has 21 heavy (non-hydrogen) atoms. The van der Waals surface area contributed by atoms with E-state index in [1.165, 1.54) is 50.5 Å². The number of unbranched alkanes of at least 4 members (excludes halogenated alkanes) is 1. The second-order valence-electron chi connectivity index (χ2n) is 6.22. The number of hydrogen-bond donors (Lipinski definition) is 0. The first-order chi connectivity index (χ1) is 10.2. The van der Waals surface area contributed by atoms with Gasteiger partial charge in [-0.3, -0.25) is 0 Å². The third-order valence-corrected chi connectivity index (χ3v) is 6.66. The van der Waals surface area contributed by atoms with Crippen LogP contribution in [-0.4, -0.2) is 7.11 Å². The minimum Gasteiger partial charge on any atom is -0.496 e. The molecule has 0 heterocycles. The van der Waals surface area contributed by atoms with Gasteiger partial charge < -0.3 is 4.74 Å². The van der Waals surface area contributed by atoms with Crippen LogP contribution in [0.4, 0.5) is 0 Å². The largest absolute Gasteiger partial charge is 0.496 e. The Bertz CT molecular complexity index is 439. The van der Waals surface area contributed by atoms with Gasteiger partial charge in [0.05, 0.1) is 11.6 Å². The summed E-state index contributed by atoms with van der Waals surface area (Å²) in [6, 6.07) is 6.44. The summed E-state index contributed by atoms with van der Waals surface area (Å²) in [4.78, 5) is 0.465. The van der Waals surface area contributed by atoms with Gasteiger partial charge in [0.1, 0.15) is 5.75 Å². The van der Waals surface area contributed by atoms with E-state index in [1.54, 1.807) is 7.11 Å². The van der Waals surface area contributed by atoms with E-state index in [0.29, 0.717) is 4.83 Å². The third-order valence-electron chi connectivity index (χ3n) is 4.77. The van der Waals surface area contributed by atoms with Crippen LogP contribution in [0.2, 0.25) is 0 Å². The van der Waals surface area contributed by atoms with Crippen LogP contribution >= 0.6 is 31.9 Å². The van der Waals surface area contributed by atoms with Gasteiger partial charge in [0, 0.05) is 4.83 Å². The van der Waals surface area contributed by atoms with Crippen molar-refractivity contribution in [1.82, 2.24) is 0 Å². The molecule has 2 rings (SSSR count). The van der Waals surface area contributed by atoms with Crippen LogP contribution in [0.3, 0.4) is 0 Å². The Balaban J connectivity index is 1.92. The number of ether oxygens (including phenoxy) is 1. The molecule has 0 N–H and O–H groups in total. The highest BCUT2D eigenvalue weighted by atomic mass is 79.9. The molecule has 0 spiro atoms. The summed E-state index contributed by atoms with van der Waals surface area (Å²) in [7, 11) is 1.71. The highest BCUT2D eigenvalue weighted by Gasteiger charge is 2.27. The predicted octanol–water partition coefficient (Wildman–Crippen LogP) is 6.89. The standard InChI is InChI=1S/C18H26Br2O/c1-3-4-5-13-6-8-14(9-7-13)18(20)15-10-11-17(21-2)16(19)12-15/h10-14,18H,3-9H2,1-2H3. The molecule has 1 saturated carbocycles. The number of halogens is 2. The van der Waals surface area contributed by atoms with Crippen molar-refractivity contribution in [3.8, 4) is 5.75 Å². The first-order valence-corrected chi connectivity index (χ1v) is 9.84. The van der Waals surface area contributed by atoms with Crippen molar-refractivity contribution in [3.63, 3.8) is 0 Å². The fourth-order valence-electron chi connectivity index (χ4n) is 3.39. The maximum atomic E-state index is 5.31. The van der Waals surface area contributed by atoms with Gasteiger partial charge in [-0.1, -0.05) is 61.0 Å². The summed E-state index contributed by atoms with van der Waals surface area (Å²) >= 11 is 7.53. The van der Waals surface area contributed by atoms with Gasteiger partial charge in [-0.25, -0.2) is 0 Å². The fourth-order valence-corrected chi connectivity index (χ4v) is 4.76. The molecule has 0 saturated heterocycles. The van der Waals surface area contributed by atoms with E-state index in [4.69, 9.17) is 4.74 Å². The molecule has 0 aromatic heterocycles. The minimum atomic E-state index is 0.465. The molecule has 3 heteroatoms. The molecule has 0 radical (unpaired) electrons. The Hall–Kier alpha value is -0.0200. The topological polar surface area (TPSA) is 9.23 Å². The van der Waals surface area contributed by atoms with Crippen LogP contribution in [0.1, 0.15) is 62.3 Å². The number of alkyl halides is 1. The molecule has 0 amide bonds. The molecule has 0 bridgehead atoms. The van der Waals surface area contributed by atoms with Gasteiger partial charge in [-0.05, 0) is 58.3 Å². The lowest BCUT2D eigenvalue weighted by Crippen LogP contribution is -2.18. The van der Waals surface area contributed by atoms with Gasteiger partial charge in [0.2, 0.25) is 0 Å². The van der Waals surface area contributed by atoms with E-state index in [-0.39, 0.29) is 0 Å². The zero-order valence-electron chi connectivity index (χ0n) is 13.1. The third kappa shape index (κ3) is 4.72. The molecular formula is C18H26Br2O. The Morgan fingerprint density at radius 1 is 1.24 bits per heavy atom. The average Bonchev–Trinajstić information content (AvgIpc) is 2.52. The van der Waals surface area contributed by atoms with E-state index >= 15 is 0 Å². The normalized spacial score (nSPS) is 23.8. The van der Waals surface area contributed by atoms with Gasteiger partial charge in [-0.15, -0.1) is 0 Å². The molecule has 1 aliphatic carbocycles. The van der Waals surface area contributed by atoms with Crippen LogP contribution in [0.25, 0.3) is 0 Å². The van der Waals surface area contributed by atoms with Crippen LogP contribution in [0, 0.1) is 11.8 Å². The highest BCUT2D eigenvalue weighted by Crippen LogP contribution is 2.43. The van der Waals surface area contributed by atoms with Gasteiger partial charge in [0.25, 0.3) is 0 Å². The summed E-state index contributed by atoms with van der Waals surface area (Å²) < 4.78 is 6.36. The number of benzene rings is 1. The fraction of sp³-hybridized carbons (Fsp3) is 0.667. The second-order valence-corrected chi connectivity index (χ2v) is 8.06. The van der Waals surface area contributed by atoms with E-state index in [1.807, 2.05) is 0 Å². The van der Waals surface area contributed by atoms with Crippen molar-refractivity contribution in [3.05, 3.63) is 28.2 Å². The van der Waals surface area contributed by atoms with E-state index in [0.717, 1.165) is 22.1 Å². The second kappa shape index (κ2) is 8.57. The van der Waals surface area contributed by atoms with Crippen molar-refractivity contribution >= 4 is 31.9 Å². The Kier molecular flexibility index (Phi) is 7.07. The van der Waals surface area contributed by atoms with Crippen molar-refractivity contribution in [2.75, 3.05) is 7.11 Å². The molecule has 1 unspecified atom stereocenters. The van der Waals surface area contributed by atoms with Gasteiger partial charge in [0.15, 0.2) is 0 Å². The average molecular weight is 418 g/mol. The zero-order valence-corrected chi connectivity index (χ0v) is 16.3. The highest BCUT2D eigenvalue weighted by molar-refractivity contribution is 9.10. The van der Waals surface area contributed by atoms with Crippen LogP contribution in [-0.2, 0) is 0 Å². The number of methoxy groups -OCH3 is 1. The molecule has 0 aliphatic heterocycles. The molecule has 1 aromatic carbocycles. The van der Waals surface area contributed by atoms with Crippen LogP contribution in [0.15, 0.2) is 22.7 Å². The molecule has 1 atom stereocenters. The Morgan fingerprint density at radius 2 is 1.95 bits per heavy atom. The smallest absolute Gasteiger partial charge is 0.133 e. The number of rotatable bonds is 6. The maximum absolute atomic E-state index is 5.31. The van der Waals surface area contributed by atoms with E-state index in [2.05, 4.69) is 57.0 Å². The quantitative estimate of drug-likeness (QED) is 0.457. The van der Waals surface area contributed by atoms with Crippen molar-refractivity contribution < 1.29 is 4.74 Å². The van der Waals surface area contributed by atoms with E-state index < -0.39 is 0 Å². The first-order valence-electron chi connectivity index (χ1n) is 8.13. The molecule has 118 valence electrons. The molecule has 1 fully saturated rings. The van der Waals surface area contributed by atoms with Crippen LogP contribution in [0.5, 0.6) is 5.75 Å². The molecule has 1 nitrogen and oxygen atoms in total. The summed E-state index contributed by atoms with van der Waals surface area (Å²) in [5, 5.41) is 0. The van der Waals surface area contributed by atoms with Crippen molar-refractivity contribution in [1.29, 1.82) is 0 Å². The molecular weight excluding hydrogens is 392 g/mol. The summed E-state index contributed by atoms with van der Waals surface area (Å²) in [5.41, 5.74) is 1.36. The lowest BCUT2D eigenvalue weighted by molar-refractivity contribution is 0.257. The first kappa shape index (κ1) is 17.3. The van der Waals surface area contributed by atoms with Crippen molar-refractivity contribution in [2.45, 2.75) is 56.7 Å². The summed E-state index contributed by atoms with van der Waals surface area (Å²) in [6.07, 6.45) is 9.69. The maximum Gasteiger partial charge on any atom is 0.133 e. The van der Waals surface area contributed by atoms with E-state index in [9.17, 15) is 0 Å². The van der Waals surface area contributed by atoms with Gasteiger partial charge >= 0.3 is 0 Å². The van der Waals surface area contributed by atoms with Gasteiger partial charge in [-0.2, -0.15) is 0 Å².